The Morgan fingerprint density at radius 2 is 2.11 bits per heavy atom. The van der Waals surface area contributed by atoms with E-state index in [1.54, 1.807) is 12.4 Å². The standard InChI is InChI=1S/C27H27FN8O2/c1-5-38-27-32-22-11-18(23-16(3)15(2)10-21-20(23)13-31-34-21)12-30-24(22)25(33-27)35-8-9-36(26(37)17(4)28)19(14-35)6-7-29/h10-13,19H,4-6,8-9,14H2,1-3H3,(H,31,34). The Morgan fingerprint density at radius 1 is 1.29 bits per heavy atom. The predicted molar refractivity (Wildman–Crippen MR) is 141 cm³/mol. The molecule has 1 saturated heterocycles. The van der Waals surface area contributed by atoms with Crippen LogP contribution in [-0.2, 0) is 4.79 Å². The summed E-state index contributed by atoms with van der Waals surface area (Å²) in [7, 11) is 0. The van der Waals surface area contributed by atoms with E-state index in [-0.39, 0.29) is 25.5 Å². The van der Waals surface area contributed by atoms with Gasteiger partial charge in [-0.15, -0.1) is 0 Å². The first-order chi connectivity index (χ1) is 18.3. The van der Waals surface area contributed by atoms with Crippen LogP contribution >= 0.6 is 0 Å². The third-order valence-corrected chi connectivity index (χ3v) is 6.93. The molecule has 1 aliphatic heterocycles. The highest BCUT2D eigenvalue weighted by Crippen LogP contribution is 2.35. The summed E-state index contributed by atoms with van der Waals surface area (Å²) in [5.41, 5.74) is 6.26. The molecule has 1 amide bonds. The van der Waals surface area contributed by atoms with Crippen molar-refractivity contribution in [1.29, 1.82) is 5.26 Å². The number of aromatic nitrogens is 5. The molecule has 3 aromatic heterocycles. The second kappa shape index (κ2) is 10.0. The predicted octanol–water partition coefficient (Wildman–Crippen LogP) is 4.00. The molecule has 0 radical (unpaired) electrons. The number of hydrogen-bond donors (Lipinski definition) is 1. The lowest BCUT2D eigenvalue weighted by atomic mass is 9.94. The Morgan fingerprint density at radius 3 is 2.84 bits per heavy atom. The second-order valence-electron chi connectivity index (χ2n) is 9.24. The average molecular weight is 515 g/mol. The maximum atomic E-state index is 13.6. The molecule has 4 heterocycles. The molecular weight excluding hydrogens is 487 g/mol. The van der Waals surface area contributed by atoms with Gasteiger partial charge in [0.1, 0.15) is 5.52 Å². The lowest BCUT2D eigenvalue weighted by Crippen LogP contribution is -2.55. The van der Waals surface area contributed by atoms with Crippen molar-refractivity contribution in [1.82, 2.24) is 30.0 Å². The van der Waals surface area contributed by atoms with Gasteiger partial charge in [-0.1, -0.05) is 6.58 Å². The van der Waals surface area contributed by atoms with Gasteiger partial charge in [-0.2, -0.15) is 20.3 Å². The number of nitriles is 1. The summed E-state index contributed by atoms with van der Waals surface area (Å²) < 4.78 is 19.3. The average Bonchev–Trinajstić information content (AvgIpc) is 3.36. The lowest BCUT2D eigenvalue weighted by Gasteiger charge is -2.40. The highest BCUT2D eigenvalue weighted by Gasteiger charge is 2.33. The number of carbonyl (C=O) groups is 1. The fourth-order valence-electron chi connectivity index (χ4n) is 4.99. The fraction of sp³-hybridized carbons (Fsp3) is 0.333. The summed E-state index contributed by atoms with van der Waals surface area (Å²) in [5.74, 6) is -1.30. The molecule has 0 aliphatic carbocycles. The molecule has 5 rings (SSSR count). The SMILES string of the molecule is C=C(F)C(=O)N1CCN(c2nc(OCC)nc3cc(-c4c(C)c(C)cc5[nH]ncc45)cnc23)CC1CC#N. The van der Waals surface area contributed by atoms with Gasteiger partial charge in [0.25, 0.3) is 5.91 Å². The van der Waals surface area contributed by atoms with Gasteiger partial charge in [-0.3, -0.25) is 14.9 Å². The van der Waals surface area contributed by atoms with E-state index in [1.165, 1.54) is 4.90 Å². The molecule has 1 aliphatic rings. The van der Waals surface area contributed by atoms with Crippen molar-refractivity contribution >= 4 is 33.7 Å². The zero-order valence-electron chi connectivity index (χ0n) is 21.5. The van der Waals surface area contributed by atoms with E-state index in [2.05, 4.69) is 52.7 Å². The Labute approximate surface area is 218 Å². The molecule has 1 fully saturated rings. The summed E-state index contributed by atoms with van der Waals surface area (Å²) in [6.45, 7) is 10.3. The molecule has 38 heavy (non-hydrogen) atoms. The number of aryl methyl sites for hydroxylation is 1. The van der Waals surface area contributed by atoms with E-state index in [0.29, 0.717) is 30.0 Å². The Bertz CT molecular complexity index is 1610. The van der Waals surface area contributed by atoms with Gasteiger partial charge in [0, 0.05) is 36.8 Å². The van der Waals surface area contributed by atoms with Crippen molar-refractivity contribution < 1.29 is 13.9 Å². The summed E-state index contributed by atoms with van der Waals surface area (Å²) in [6.07, 6.45) is 3.64. The topological polar surface area (TPSA) is 124 Å². The van der Waals surface area contributed by atoms with Crippen LogP contribution in [0.5, 0.6) is 6.01 Å². The molecule has 1 unspecified atom stereocenters. The zero-order chi connectivity index (χ0) is 27.0. The molecule has 1 aromatic carbocycles. The van der Waals surface area contributed by atoms with Gasteiger partial charge in [-0.25, -0.2) is 4.39 Å². The number of fused-ring (bicyclic) bond motifs is 2. The van der Waals surface area contributed by atoms with Crippen molar-refractivity contribution in [3.05, 3.63) is 48.1 Å². The first kappa shape index (κ1) is 25.1. The van der Waals surface area contributed by atoms with Gasteiger partial charge in [0.05, 0.1) is 42.4 Å². The van der Waals surface area contributed by atoms with Crippen molar-refractivity contribution in [2.75, 3.05) is 31.1 Å². The molecular formula is C27H27FN8O2. The van der Waals surface area contributed by atoms with Crippen LogP contribution in [0.1, 0.15) is 24.5 Å². The summed E-state index contributed by atoms with van der Waals surface area (Å²) in [6, 6.07) is 5.81. The Hall–Kier alpha value is -4.59. The van der Waals surface area contributed by atoms with E-state index in [9.17, 15) is 14.4 Å². The smallest absolute Gasteiger partial charge is 0.319 e. The van der Waals surface area contributed by atoms with Gasteiger partial charge in [0.15, 0.2) is 11.6 Å². The van der Waals surface area contributed by atoms with Crippen LogP contribution in [-0.4, -0.2) is 68.2 Å². The third-order valence-electron chi connectivity index (χ3n) is 6.93. The summed E-state index contributed by atoms with van der Waals surface area (Å²) in [4.78, 5) is 29.7. The molecule has 4 aromatic rings. The van der Waals surface area contributed by atoms with E-state index in [0.717, 1.165) is 33.2 Å². The number of amides is 1. The van der Waals surface area contributed by atoms with Crippen LogP contribution in [0.3, 0.4) is 0 Å². The number of H-pyrrole nitrogens is 1. The van der Waals surface area contributed by atoms with Gasteiger partial charge >= 0.3 is 6.01 Å². The maximum absolute atomic E-state index is 13.6. The molecule has 194 valence electrons. The number of benzene rings is 1. The number of nitrogens with zero attached hydrogens (tertiary/aromatic N) is 7. The van der Waals surface area contributed by atoms with Crippen molar-refractivity contribution in [2.24, 2.45) is 0 Å². The summed E-state index contributed by atoms with van der Waals surface area (Å²) in [5, 5.41) is 17.6. The van der Waals surface area contributed by atoms with Crippen LogP contribution in [0.4, 0.5) is 10.2 Å². The number of hydrogen-bond acceptors (Lipinski definition) is 8. The largest absolute Gasteiger partial charge is 0.464 e. The Kier molecular flexibility index (Phi) is 6.63. The number of piperazine rings is 1. The molecule has 1 N–H and O–H groups in total. The monoisotopic (exact) mass is 514 g/mol. The molecule has 11 heteroatoms. The summed E-state index contributed by atoms with van der Waals surface area (Å²) >= 11 is 0. The van der Waals surface area contributed by atoms with E-state index >= 15 is 0 Å². The van der Waals surface area contributed by atoms with Crippen molar-refractivity contribution in [3.8, 4) is 23.2 Å². The number of ether oxygens (including phenoxy) is 1. The van der Waals surface area contributed by atoms with Crippen LogP contribution in [0.2, 0.25) is 0 Å². The minimum Gasteiger partial charge on any atom is -0.464 e. The molecule has 0 saturated carbocycles. The van der Waals surface area contributed by atoms with Crippen LogP contribution in [0.25, 0.3) is 33.1 Å². The zero-order valence-corrected chi connectivity index (χ0v) is 21.5. The van der Waals surface area contributed by atoms with Crippen LogP contribution in [0, 0.1) is 25.2 Å². The highest BCUT2D eigenvalue weighted by molar-refractivity contribution is 5.99. The molecule has 10 nitrogen and oxygen atoms in total. The normalized spacial score (nSPS) is 15.6. The number of pyridine rings is 1. The van der Waals surface area contributed by atoms with E-state index < -0.39 is 17.8 Å². The molecule has 0 spiro atoms. The minimum atomic E-state index is -1.04. The maximum Gasteiger partial charge on any atom is 0.319 e. The quantitative estimate of drug-likeness (QED) is 0.383. The lowest BCUT2D eigenvalue weighted by molar-refractivity contribution is -0.131. The molecule has 1 atom stereocenters. The Balaban J connectivity index is 1.60. The number of anilines is 1. The number of carbonyl (C=O) groups excluding carboxylic acids is 1. The first-order valence-corrected chi connectivity index (χ1v) is 12.3. The van der Waals surface area contributed by atoms with Crippen molar-refractivity contribution in [2.45, 2.75) is 33.2 Å². The van der Waals surface area contributed by atoms with Crippen molar-refractivity contribution in [3.63, 3.8) is 0 Å². The number of aromatic amines is 1. The fourth-order valence-corrected chi connectivity index (χ4v) is 4.99. The highest BCUT2D eigenvalue weighted by atomic mass is 19.1. The van der Waals surface area contributed by atoms with E-state index in [4.69, 9.17) is 9.72 Å². The third kappa shape index (κ3) is 4.38. The number of rotatable bonds is 6. The minimum absolute atomic E-state index is 0.0434. The van der Waals surface area contributed by atoms with Gasteiger partial charge in [-0.05, 0) is 49.6 Å². The van der Waals surface area contributed by atoms with Crippen LogP contribution in [0.15, 0.2) is 36.9 Å². The van der Waals surface area contributed by atoms with E-state index in [1.807, 2.05) is 17.9 Å². The van der Waals surface area contributed by atoms with Gasteiger partial charge < -0.3 is 14.5 Å². The number of nitrogens with one attached hydrogen (secondary N) is 1. The second-order valence-corrected chi connectivity index (χ2v) is 9.24. The first-order valence-electron chi connectivity index (χ1n) is 12.3. The van der Waals surface area contributed by atoms with Crippen LogP contribution < -0.4 is 9.64 Å². The number of halogens is 1. The van der Waals surface area contributed by atoms with Gasteiger partial charge in [0.2, 0.25) is 0 Å². The molecule has 0 bridgehead atoms.